The lowest BCUT2D eigenvalue weighted by Crippen LogP contribution is -2.58. The van der Waals surface area contributed by atoms with E-state index in [-0.39, 0.29) is 32.0 Å². The van der Waals surface area contributed by atoms with Crippen molar-refractivity contribution < 1.29 is 41.8 Å². The van der Waals surface area contributed by atoms with E-state index in [0.29, 0.717) is 46.6 Å². The Morgan fingerprint density at radius 1 is 1.19 bits per heavy atom. The fraction of sp³-hybridized carbons (Fsp3) is 0.471. The van der Waals surface area contributed by atoms with Crippen LogP contribution >= 0.6 is 11.3 Å². The van der Waals surface area contributed by atoms with Crippen molar-refractivity contribution in [3.05, 3.63) is 42.3 Å². The predicted molar refractivity (Wildman–Crippen MR) is 190 cm³/mol. The minimum absolute atomic E-state index is 0.0182. The average Bonchev–Trinajstić information content (AvgIpc) is 3.93. The van der Waals surface area contributed by atoms with Gasteiger partial charge in [0, 0.05) is 41.3 Å². The number of aromatic nitrogens is 2. The second kappa shape index (κ2) is 13.5. The van der Waals surface area contributed by atoms with Gasteiger partial charge < -0.3 is 35.1 Å². The summed E-state index contributed by atoms with van der Waals surface area (Å²) in [6, 6.07) is 5.11. The maximum atomic E-state index is 14.1. The molecule has 0 bridgehead atoms. The molecule has 1 unspecified atom stereocenters. The fourth-order valence-electron chi connectivity index (χ4n) is 6.53. The van der Waals surface area contributed by atoms with Crippen LogP contribution in [-0.4, -0.2) is 102 Å². The number of alkyl carbamates (subject to hydrolysis) is 1. The molecular formula is C34H39N7O9S2. The number of cyclic esters (lactones) is 1. The fourth-order valence-corrected chi connectivity index (χ4v) is 8.74. The Hall–Kier alpha value is -4.97. The second-order valence-corrected chi connectivity index (χ2v) is 16.5. The molecule has 2 aromatic heterocycles. The van der Waals surface area contributed by atoms with E-state index in [4.69, 9.17) is 24.2 Å². The smallest absolute Gasteiger partial charge is 0.407 e. The van der Waals surface area contributed by atoms with Crippen LogP contribution in [0.15, 0.2) is 42.3 Å². The first kappa shape index (κ1) is 35.4. The van der Waals surface area contributed by atoms with Crippen LogP contribution in [0, 0.1) is 5.92 Å². The minimum Gasteiger partial charge on any atom is -0.497 e. The summed E-state index contributed by atoms with van der Waals surface area (Å²) >= 11 is 1.44. The third-order valence-electron chi connectivity index (χ3n) is 9.52. The lowest BCUT2D eigenvalue weighted by Gasteiger charge is -2.27. The summed E-state index contributed by atoms with van der Waals surface area (Å²) in [6.07, 6.45) is 1.08. The number of fused-ring (bicyclic) bond motifs is 1. The zero-order valence-electron chi connectivity index (χ0n) is 28.7. The molecular weight excluding hydrogens is 715 g/mol. The highest BCUT2D eigenvalue weighted by Crippen LogP contribution is 2.45. The number of thiazole rings is 1. The van der Waals surface area contributed by atoms with Gasteiger partial charge in [-0.3, -0.25) is 19.1 Å². The maximum absolute atomic E-state index is 14.1. The number of pyridine rings is 1. The predicted octanol–water partition coefficient (Wildman–Crippen LogP) is 2.31. The van der Waals surface area contributed by atoms with E-state index in [1.165, 1.54) is 22.3 Å². The van der Waals surface area contributed by atoms with Gasteiger partial charge in [0.1, 0.15) is 47.5 Å². The minimum atomic E-state index is -3.89. The van der Waals surface area contributed by atoms with Crippen LogP contribution in [0.25, 0.3) is 22.3 Å². The van der Waals surface area contributed by atoms with Gasteiger partial charge in [-0.05, 0) is 45.2 Å². The number of anilines is 1. The zero-order valence-corrected chi connectivity index (χ0v) is 30.3. The number of carbonyl (C=O) groups is 4. The SMILES string of the molecule is C=C[C@@H]1C[C@]1(NC(=O)[C@@H]1C[C@@H](Oc2cc(-c3csc(NC(C)C)n3)nc3cc(OC)ccc23)CN1C(=O)C1COC(=O)N1)C(=O)NS(=O)(=O)C1CC1. The van der Waals surface area contributed by atoms with E-state index in [2.05, 4.69) is 27.3 Å². The summed E-state index contributed by atoms with van der Waals surface area (Å²) in [6.45, 7) is 7.51. The number of hydrogen-bond acceptors (Lipinski definition) is 13. The molecule has 2 aliphatic heterocycles. The van der Waals surface area contributed by atoms with Crippen molar-refractivity contribution in [2.75, 3.05) is 25.6 Å². The van der Waals surface area contributed by atoms with Crippen molar-refractivity contribution in [2.45, 2.75) is 74.5 Å². The summed E-state index contributed by atoms with van der Waals surface area (Å²) in [4.78, 5) is 63.9. The van der Waals surface area contributed by atoms with Gasteiger partial charge >= 0.3 is 6.09 Å². The molecule has 0 radical (unpaired) electrons. The van der Waals surface area contributed by atoms with Gasteiger partial charge in [0.25, 0.3) is 5.91 Å². The third kappa shape index (κ3) is 6.96. The summed E-state index contributed by atoms with van der Waals surface area (Å²) in [7, 11) is -2.34. The Labute approximate surface area is 303 Å². The number of rotatable bonds is 13. The Morgan fingerprint density at radius 3 is 2.63 bits per heavy atom. The largest absolute Gasteiger partial charge is 0.497 e. The van der Waals surface area contributed by atoms with E-state index in [1.807, 2.05) is 19.2 Å². The van der Waals surface area contributed by atoms with Crippen molar-refractivity contribution in [2.24, 2.45) is 5.92 Å². The number of methoxy groups -OCH3 is 1. The number of benzene rings is 1. The molecule has 7 rings (SSSR count). The van der Waals surface area contributed by atoms with E-state index < -0.39 is 68.7 Å². The van der Waals surface area contributed by atoms with E-state index in [1.54, 1.807) is 31.4 Å². The lowest BCUT2D eigenvalue weighted by atomic mass is 10.1. The van der Waals surface area contributed by atoms with Crippen LogP contribution in [-0.2, 0) is 29.1 Å². The van der Waals surface area contributed by atoms with Gasteiger partial charge in [0.15, 0.2) is 5.13 Å². The van der Waals surface area contributed by atoms with Crippen LogP contribution in [0.5, 0.6) is 11.5 Å². The molecule has 1 aromatic carbocycles. The van der Waals surface area contributed by atoms with Crippen molar-refractivity contribution in [1.82, 2.24) is 30.2 Å². The van der Waals surface area contributed by atoms with Crippen LogP contribution in [0.1, 0.15) is 39.5 Å². The summed E-state index contributed by atoms with van der Waals surface area (Å²) in [5.41, 5.74) is 0.176. The molecule has 2 aliphatic carbocycles. The van der Waals surface area contributed by atoms with Gasteiger partial charge in [-0.15, -0.1) is 17.9 Å². The number of nitrogens with one attached hydrogen (secondary N) is 4. The summed E-state index contributed by atoms with van der Waals surface area (Å²) < 4.78 is 44.4. The number of likely N-dealkylation sites (tertiary alicyclic amines) is 1. The Kier molecular flexibility index (Phi) is 9.23. The second-order valence-electron chi connectivity index (χ2n) is 13.7. The molecule has 4 fully saturated rings. The first-order valence-corrected chi connectivity index (χ1v) is 19.3. The topological polar surface area (TPSA) is 207 Å². The molecule has 16 nitrogen and oxygen atoms in total. The highest BCUT2D eigenvalue weighted by atomic mass is 32.2. The molecule has 4 amide bonds. The molecule has 5 atom stereocenters. The Morgan fingerprint density at radius 2 is 1.98 bits per heavy atom. The molecule has 52 heavy (non-hydrogen) atoms. The average molecular weight is 754 g/mol. The molecule has 4 N–H and O–H groups in total. The van der Waals surface area contributed by atoms with Crippen LogP contribution in [0.3, 0.4) is 0 Å². The highest BCUT2D eigenvalue weighted by molar-refractivity contribution is 7.91. The molecule has 3 aromatic rings. The molecule has 2 saturated carbocycles. The van der Waals surface area contributed by atoms with Gasteiger partial charge in [-0.2, -0.15) is 0 Å². The monoisotopic (exact) mass is 753 g/mol. The highest BCUT2D eigenvalue weighted by Gasteiger charge is 2.62. The normalized spacial score (nSPS) is 25.3. The van der Waals surface area contributed by atoms with Gasteiger partial charge in [-0.25, -0.2) is 23.2 Å². The van der Waals surface area contributed by atoms with Crippen molar-refractivity contribution in [3.8, 4) is 22.9 Å². The molecule has 0 spiro atoms. The number of carbonyl (C=O) groups excluding carboxylic acids is 4. The molecule has 4 heterocycles. The third-order valence-corrected chi connectivity index (χ3v) is 12.1. The Bertz CT molecular complexity index is 2070. The quantitative estimate of drug-likeness (QED) is 0.186. The van der Waals surface area contributed by atoms with E-state index in [0.717, 1.165) is 5.13 Å². The molecule has 2 saturated heterocycles. The zero-order chi connectivity index (χ0) is 36.9. The molecule has 18 heteroatoms. The molecule has 4 aliphatic rings. The maximum Gasteiger partial charge on any atom is 0.407 e. The first-order valence-electron chi connectivity index (χ1n) is 16.9. The van der Waals surface area contributed by atoms with Gasteiger partial charge in [-0.1, -0.05) is 6.08 Å². The van der Waals surface area contributed by atoms with E-state index in [9.17, 15) is 27.6 Å². The standard InChI is InChI=1S/C34H39N7O9S2/c1-5-18-13-34(18,31(44)40-52(46,47)21-7-8-21)39-29(42)27-11-20(14-41(27)30(43)25-15-49-33(45)38-25)50-28-12-24(26-16-51-32(37-26)35-17(2)3)36-23-10-19(48-4)6-9-22(23)28/h5-6,9-10,12,16-18,20-21,25,27H,1,7-8,11,13-15H2,2-4H3,(H,35,37)(H,38,45)(H,39,42)(H,40,44)/t18-,20-,25?,27+,34-/m1/s1. The number of amides is 4. The summed E-state index contributed by atoms with van der Waals surface area (Å²) in [5.74, 6) is -1.60. The van der Waals surface area contributed by atoms with Gasteiger partial charge in [0.2, 0.25) is 21.8 Å². The lowest BCUT2D eigenvalue weighted by molar-refractivity contribution is -0.141. The van der Waals surface area contributed by atoms with Crippen molar-refractivity contribution in [3.63, 3.8) is 0 Å². The number of ether oxygens (including phenoxy) is 3. The molecule has 276 valence electrons. The number of nitrogens with zero attached hydrogens (tertiary/aromatic N) is 3. The van der Waals surface area contributed by atoms with Crippen LogP contribution < -0.4 is 30.1 Å². The number of sulfonamides is 1. The van der Waals surface area contributed by atoms with Crippen LogP contribution in [0.2, 0.25) is 0 Å². The Balaban J connectivity index is 1.18. The number of hydrogen-bond donors (Lipinski definition) is 4. The van der Waals surface area contributed by atoms with Crippen molar-refractivity contribution in [1.29, 1.82) is 0 Å². The van der Waals surface area contributed by atoms with Crippen LogP contribution in [0.4, 0.5) is 9.93 Å². The summed E-state index contributed by atoms with van der Waals surface area (Å²) in [5, 5.41) is 11.1. The first-order chi connectivity index (χ1) is 24.8. The van der Waals surface area contributed by atoms with Crippen molar-refractivity contribution >= 4 is 61.2 Å². The van der Waals surface area contributed by atoms with Gasteiger partial charge in [0.05, 0.1) is 30.1 Å². The van der Waals surface area contributed by atoms with E-state index >= 15 is 0 Å².